The van der Waals surface area contributed by atoms with Gasteiger partial charge in [0.1, 0.15) is 11.8 Å². The first-order chi connectivity index (χ1) is 12.7. The maximum absolute atomic E-state index is 13.4. The van der Waals surface area contributed by atoms with Crippen molar-refractivity contribution in [3.8, 4) is 5.75 Å². The normalized spacial score (nSPS) is 25.1. The molecule has 2 amide bonds. The highest BCUT2D eigenvalue weighted by Gasteiger charge is 2.64. The number of β-lactam (4-membered cyclic amide) rings is 1. The maximum Gasteiger partial charge on any atom is 0.247 e. The van der Waals surface area contributed by atoms with Crippen molar-refractivity contribution < 1.29 is 19.1 Å². The van der Waals surface area contributed by atoms with Crippen LogP contribution >= 0.6 is 0 Å². The number of benzene rings is 1. The van der Waals surface area contributed by atoms with Crippen LogP contribution in [0.15, 0.2) is 24.3 Å². The zero-order valence-corrected chi connectivity index (χ0v) is 15.3. The molecule has 6 heteroatoms. The third-order valence-electron chi connectivity index (χ3n) is 6.08. The molecule has 2 heterocycles. The summed E-state index contributed by atoms with van der Waals surface area (Å²) in [4.78, 5) is 30.1. The van der Waals surface area contributed by atoms with E-state index >= 15 is 0 Å². The van der Waals surface area contributed by atoms with Crippen molar-refractivity contribution >= 4 is 17.5 Å². The number of ether oxygens (including phenoxy) is 2. The van der Waals surface area contributed by atoms with Gasteiger partial charge in [0.05, 0.1) is 25.7 Å². The van der Waals surface area contributed by atoms with Crippen molar-refractivity contribution in [2.75, 3.05) is 38.3 Å². The van der Waals surface area contributed by atoms with E-state index in [-0.39, 0.29) is 17.9 Å². The standard InChI is InChI=1S/C20H26N2O4/c1-25-16-7-5-15(6-8-16)22-17(18(23)21-11-13-26-14-12-21)20(19(22)24)9-3-2-4-10-20/h5-8,17H,2-4,9-14H2,1H3. The summed E-state index contributed by atoms with van der Waals surface area (Å²) in [5.41, 5.74) is 0.270. The summed E-state index contributed by atoms with van der Waals surface area (Å²) in [6.07, 6.45) is 4.83. The molecule has 1 unspecified atom stereocenters. The SMILES string of the molecule is COc1ccc(N2C(=O)C3(CCCCC3)C2C(=O)N2CCOCC2)cc1. The Morgan fingerprint density at radius 1 is 1.12 bits per heavy atom. The Labute approximate surface area is 154 Å². The van der Waals surface area contributed by atoms with Crippen LogP contribution in [-0.4, -0.2) is 56.2 Å². The minimum atomic E-state index is -0.506. The van der Waals surface area contributed by atoms with Gasteiger partial charge in [0, 0.05) is 18.8 Å². The Bertz CT molecular complexity index is 676. The largest absolute Gasteiger partial charge is 0.497 e. The van der Waals surface area contributed by atoms with Crippen molar-refractivity contribution in [2.45, 2.75) is 38.1 Å². The molecule has 1 atom stereocenters. The van der Waals surface area contributed by atoms with E-state index in [2.05, 4.69) is 0 Å². The Kier molecular flexibility index (Phi) is 4.61. The van der Waals surface area contributed by atoms with Crippen molar-refractivity contribution in [3.05, 3.63) is 24.3 Å². The monoisotopic (exact) mass is 358 g/mol. The second-order valence-electron chi connectivity index (χ2n) is 7.43. The molecule has 2 saturated heterocycles. The van der Waals surface area contributed by atoms with Gasteiger partial charge in [0.2, 0.25) is 11.8 Å². The minimum absolute atomic E-state index is 0.0746. The van der Waals surface area contributed by atoms with E-state index in [9.17, 15) is 9.59 Å². The second kappa shape index (κ2) is 6.91. The van der Waals surface area contributed by atoms with E-state index in [1.807, 2.05) is 29.2 Å². The van der Waals surface area contributed by atoms with Crippen LogP contribution in [0.5, 0.6) is 5.75 Å². The molecule has 26 heavy (non-hydrogen) atoms. The van der Waals surface area contributed by atoms with Gasteiger partial charge in [-0.3, -0.25) is 14.5 Å². The lowest BCUT2D eigenvalue weighted by Crippen LogP contribution is -2.75. The van der Waals surface area contributed by atoms with Crippen LogP contribution in [0.4, 0.5) is 5.69 Å². The lowest BCUT2D eigenvalue weighted by molar-refractivity contribution is -0.157. The number of methoxy groups -OCH3 is 1. The highest BCUT2D eigenvalue weighted by atomic mass is 16.5. The lowest BCUT2D eigenvalue weighted by Gasteiger charge is -2.57. The van der Waals surface area contributed by atoms with Crippen molar-refractivity contribution in [2.24, 2.45) is 5.41 Å². The third kappa shape index (κ3) is 2.67. The molecule has 1 saturated carbocycles. The van der Waals surface area contributed by atoms with Gasteiger partial charge in [0.15, 0.2) is 0 Å². The first kappa shape index (κ1) is 17.3. The fourth-order valence-electron chi connectivity index (χ4n) is 4.64. The van der Waals surface area contributed by atoms with E-state index in [4.69, 9.17) is 9.47 Å². The molecule has 0 aromatic heterocycles. The Morgan fingerprint density at radius 2 is 1.77 bits per heavy atom. The van der Waals surface area contributed by atoms with Crippen molar-refractivity contribution in [3.63, 3.8) is 0 Å². The number of carbonyl (C=O) groups excluding carboxylic acids is 2. The second-order valence-corrected chi connectivity index (χ2v) is 7.43. The van der Waals surface area contributed by atoms with E-state index in [1.54, 1.807) is 12.0 Å². The van der Waals surface area contributed by atoms with E-state index in [1.165, 1.54) is 0 Å². The summed E-state index contributed by atoms with van der Waals surface area (Å²) >= 11 is 0. The van der Waals surface area contributed by atoms with E-state index in [0.29, 0.717) is 26.3 Å². The number of hydrogen-bond acceptors (Lipinski definition) is 4. The molecule has 0 N–H and O–H groups in total. The number of morpholine rings is 1. The summed E-state index contributed by atoms with van der Waals surface area (Å²) in [6, 6.07) is 7.02. The predicted octanol–water partition coefficient (Wildman–Crippen LogP) is 2.22. The van der Waals surface area contributed by atoms with Crippen LogP contribution < -0.4 is 9.64 Å². The number of rotatable bonds is 3. The number of amides is 2. The molecule has 1 aliphatic carbocycles. The first-order valence-corrected chi connectivity index (χ1v) is 9.52. The molecule has 3 aliphatic rings. The molecule has 1 spiro atoms. The Morgan fingerprint density at radius 3 is 2.38 bits per heavy atom. The van der Waals surface area contributed by atoms with Crippen molar-refractivity contribution in [1.82, 2.24) is 4.90 Å². The fourth-order valence-corrected chi connectivity index (χ4v) is 4.64. The molecular formula is C20H26N2O4. The lowest BCUT2D eigenvalue weighted by atomic mass is 9.61. The topological polar surface area (TPSA) is 59.1 Å². The van der Waals surface area contributed by atoms with Gasteiger partial charge in [0.25, 0.3) is 0 Å². The molecular weight excluding hydrogens is 332 g/mol. The predicted molar refractivity (Wildman–Crippen MR) is 97.2 cm³/mol. The fraction of sp³-hybridized carbons (Fsp3) is 0.600. The van der Waals surface area contributed by atoms with Gasteiger partial charge in [-0.05, 0) is 37.1 Å². The quantitative estimate of drug-likeness (QED) is 0.778. The van der Waals surface area contributed by atoms with Gasteiger partial charge >= 0.3 is 0 Å². The van der Waals surface area contributed by atoms with E-state index < -0.39 is 5.41 Å². The summed E-state index contributed by atoms with van der Waals surface area (Å²) in [5, 5.41) is 0. The molecule has 3 fully saturated rings. The van der Waals surface area contributed by atoms with Crippen molar-refractivity contribution in [1.29, 1.82) is 0 Å². The van der Waals surface area contributed by atoms with Gasteiger partial charge in [-0.2, -0.15) is 0 Å². The Balaban J connectivity index is 1.65. The molecule has 140 valence electrons. The average Bonchev–Trinajstić information content (AvgIpc) is 2.72. The maximum atomic E-state index is 13.4. The third-order valence-corrected chi connectivity index (χ3v) is 6.08. The smallest absolute Gasteiger partial charge is 0.247 e. The zero-order valence-electron chi connectivity index (χ0n) is 15.3. The summed E-state index contributed by atoms with van der Waals surface area (Å²) in [6.45, 7) is 2.36. The molecule has 4 rings (SSSR count). The molecule has 0 radical (unpaired) electrons. The highest BCUT2D eigenvalue weighted by molar-refractivity contribution is 6.14. The summed E-state index contributed by atoms with van der Waals surface area (Å²) in [7, 11) is 1.62. The van der Waals surface area contributed by atoms with Gasteiger partial charge in [-0.15, -0.1) is 0 Å². The highest BCUT2D eigenvalue weighted by Crippen LogP contribution is 2.52. The van der Waals surface area contributed by atoms with Gasteiger partial charge in [-0.25, -0.2) is 0 Å². The van der Waals surface area contributed by atoms with Crippen LogP contribution in [-0.2, 0) is 14.3 Å². The summed E-state index contributed by atoms with van der Waals surface area (Å²) in [5.74, 6) is 0.921. The summed E-state index contributed by atoms with van der Waals surface area (Å²) < 4.78 is 10.6. The van der Waals surface area contributed by atoms with Crippen LogP contribution in [0, 0.1) is 5.41 Å². The number of anilines is 1. The molecule has 0 bridgehead atoms. The van der Waals surface area contributed by atoms with Gasteiger partial charge in [-0.1, -0.05) is 19.3 Å². The molecule has 2 aliphatic heterocycles. The minimum Gasteiger partial charge on any atom is -0.497 e. The molecule has 1 aromatic carbocycles. The van der Waals surface area contributed by atoms with Gasteiger partial charge < -0.3 is 14.4 Å². The average molecular weight is 358 g/mol. The zero-order chi connectivity index (χ0) is 18.1. The molecule has 1 aromatic rings. The van der Waals surface area contributed by atoms with Crippen LogP contribution in [0.2, 0.25) is 0 Å². The molecule has 6 nitrogen and oxygen atoms in total. The first-order valence-electron chi connectivity index (χ1n) is 9.52. The van der Waals surface area contributed by atoms with Crippen LogP contribution in [0.25, 0.3) is 0 Å². The number of carbonyl (C=O) groups is 2. The number of hydrogen-bond donors (Lipinski definition) is 0. The Hall–Kier alpha value is -2.08. The number of nitrogens with zero attached hydrogens (tertiary/aromatic N) is 2. The van der Waals surface area contributed by atoms with Crippen LogP contribution in [0.1, 0.15) is 32.1 Å². The van der Waals surface area contributed by atoms with Crippen LogP contribution in [0.3, 0.4) is 0 Å². The van der Waals surface area contributed by atoms with E-state index in [0.717, 1.165) is 43.5 Å².